The maximum Gasteiger partial charge on any atom is 0.303 e. The molecule has 1 saturated heterocycles. The Balaban J connectivity index is 1.79. The van der Waals surface area contributed by atoms with Gasteiger partial charge in [-0.05, 0) is 37.1 Å². The van der Waals surface area contributed by atoms with Crippen LogP contribution in [0.1, 0.15) is 30.9 Å². The van der Waals surface area contributed by atoms with Crippen molar-refractivity contribution in [2.75, 3.05) is 26.2 Å². The van der Waals surface area contributed by atoms with E-state index in [2.05, 4.69) is 33.0 Å². The summed E-state index contributed by atoms with van der Waals surface area (Å²) in [6.07, 6.45) is 2.06. The molecular weight excluding hydrogens is 322 g/mol. The van der Waals surface area contributed by atoms with Crippen LogP contribution in [0.4, 0.5) is 0 Å². The second-order valence-corrected chi connectivity index (χ2v) is 5.98. The highest BCUT2D eigenvalue weighted by atomic mass is 79.9. The third-order valence-electron chi connectivity index (χ3n) is 3.51. The predicted octanol–water partition coefficient (Wildman–Crippen LogP) is 3.08. The van der Waals surface area contributed by atoms with Crippen molar-refractivity contribution in [1.82, 2.24) is 4.90 Å². The highest BCUT2D eigenvalue weighted by Gasteiger charge is 2.21. The van der Waals surface area contributed by atoms with Crippen LogP contribution < -0.4 is 0 Å². The summed E-state index contributed by atoms with van der Waals surface area (Å²) in [5.74, 6) is -0.709. The van der Waals surface area contributed by atoms with Crippen LogP contribution in [-0.2, 0) is 9.53 Å². The minimum atomic E-state index is -0.709. The molecule has 1 N–H and O–H groups in total. The van der Waals surface area contributed by atoms with E-state index in [9.17, 15) is 4.79 Å². The zero-order valence-corrected chi connectivity index (χ0v) is 13.0. The van der Waals surface area contributed by atoms with Gasteiger partial charge in [0.15, 0.2) is 0 Å². The Morgan fingerprint density at radius 1 is 1.35 bits per heavy atom. The molecule has 20 heavy (non-hydrogen) atoms. The van der Waals surface area contributed by atoms with Gasteiger partial charge in [-0.3, -0.25) is 9.69 Å². The van der Waals surface area contributed by atoms with Crippen molar-refractivity contribution in [2.45, 2.75) is 25.4 Å². The van der Waals surface area contributed by atoms with Crippen molar-refractivity contribution in [1.29, 1.82) is 0 Å². The lowest BCUT2D eigenvalue weighted by Crippen LogP contribution is -2.38. The molecule has 2 rings (SSSR count). The number of hydrogen-bond donors (Lipinski definition) is 1. The van der Waals surface area contributed by atoms with Crippen molar-refractivity contribution in [3.05, 3.63) is 34.3 Å². The normalized spacial score (nSPS) is 19.9. The second-order valence-electron chi connectivity index (χ2n) is 5.06. The maximum atomic E-state index is 10.5. The van der Waals surface area contributed by atoms with Gasteiger partial charge >= 0.3 is 5.97 Å². The third kappa shape index (κ3) is 4.89. The zero-order chi connectivity index (χ0) is 14.4. The molecule has 0 spiro atoms. The third-order valence-corrected chi connectivity index (χ3v) is 4.04. The number of rotatable bonds is 6. The number of carboxylic acid groups (broad SMARTS) is 1. The SMILES string of the molecule is O=C(O)CCCCN1CCOC(c2ccc(Br)cc2)C1. The van der Waals surface area contributed by atoms with E-state index in [4.69, 9.17) is 9.84 Å². The van der Waals surface area contributed by atoms with Crippen molar-refractivity contribution in [3.8, 4) is 0 Å². The summed E-state index contributed by atoms with van der Waals surface area (Å²) in [4.78, 5) is 12.8. The van der Waals surface area contributed by atoms with Gasteiger partial charge in [0.2, 0.25) is 0 Å². The molecule has 0 amide bonds. The van der Waals surface area contributed by atoms with E-state index in [1.54, 1.807) is 0 Å². The summed E-state index contributed by atoms with van der Waals surface area (Å²) in [7, 11) is 0. The first-order valence-corrected chi connectivity index (χ1v) is 7.75. The molecule has 1 unspecified atom stereocenters. The van der Waals surface area contributed by atoms with E-state index in [0.29, 0.717) is 0 Å². The maximum absolute atomic E-state index is 10.5. The minimum Gasteiger partial charge on any atom is -0.481 e. The minimum absolute atomic E-state index is 0.122. The summed E-state index contributed by atoms with van der Waals surface area (Å²) >= 11 is 3.44. The molecule has 0 bridgehead atoms. The zero-order valence-electron chi connectivity index (χ0n) is 11.4. The summed E-state index contributed by atoms with van der Waals surface area (Å²) in [6, 6.07) is 8.24. The molecule has 1 aliphatic heterocycles. The molecule has 1 aliphatic rings. The van der Waals surface area contributed by atoms with E-state index >= 15 is 0 Å². The number of ether oxygens (including phenoxy) is 1. The van der Waals surface area contributed by atoms with Gasteiger partial charge in [0.1, 0.15) is 0 Å². The summed E-state index contributed by atoms with van der Waals surface area (Å²) < 4.78 is 6.90. The van der Waals surface area contributed by atoms with Crippen molar-refractivity contribution in [3.63, 3.8) is 0 Å². The molecule has 0 saturated carbocycles. The molecule has 110 valence electrons. The molecule has 1 atom stereocenters. The van der Waals surface area contributed by atoms with Crippen LogP contribution in [0, 0.1) is 0 Å². The summed E-state index contributed by atoms with van der Waals surface area (Å²) in [5, 5.41) is 8.63. The van der Waals surface area contributed by atoms with Crippen LogP contribution in [0.3, 0.4) is 0 Å². The van der Waals surface area contributed by atoms with Crippen molar-refractivity contribution >= 4 is 21.9 Å². The Labute approximate surface area is 127 Å². The Kier molecular flexibility index (Phi) is 6.01. The molecule has 1 aromatic rings. The predicted molar refractivity (Wildman–Crippen MR) is 80.8 cm³/mol. The lowest BCUT2D eigenvalue weighted by molar-refractivity contribution is -0.137. The molecule has 1 aromatic carbocycles. The fraction of sp³-hybridized carbons (Fsp3) is 0.533. The first-order valence-electron chi connectivity index (χ1n) is 6.96. The van der Waals surface area contributed by atoms with E-state index in [1.807, 2.05) is 12.1 Å². The number of hydrogen-bond acceptors (Lipinski definition) is 3. The van der Waals surface area contributed by atoms with Gasteiger partial charge in [-0.15, -0.1) is 0 Å². The Morgan fingerprint density at radius 2 is 2.10 bits per heavy atom. The van der Waals surface area contributed by atoms with E-state index in [0.717, 1.165) is 43.6 Å². The van der Waals surface area contributed by atoms with Crippen LogP contribution >= 0.6 is 15.9 Å². The van der Waals surface area contributed by atoms with Gasteiger partial charge < -0.3 is 9.84 Å². The largest absolute Gasteiger partial charge is 0.481 e. The molecule has 0 aliphatic carbocycles. The number of carbonyl (C=O) groups is 1. The fourth-order valence-corrected chi connectivity index (χ4v) is 2.66. The number of benzene rings is 1. The Hall–Kier alpha value is -0.910. The fourth-order valence-electron chi connectivity index (χ4n) is 2.40. The molecular formula is C15H20BrNO3. The molecule has 1 heterocycles. The summed E-state index contributed by atoms with van der Waals surface area (Å²) in [6.45, 7) is 3.50. The quantitative estimate of drug-likeness (QED) is 0.808. The Morgan fingerprint density at radius 3 is 2.80 bits per heavy atom. The molecule has 5 heteroatoms. The van der Waals surface area contributed by atoms with Crippen LogP contribution in [0.15, 0.2) is 28.7 Å². The number of carboxylic acids is 1. The number of halogens is 1. The molecule has 0 aromatic heterocycles. The highest BCUT2D eigenvalue weighted by molar-refractivity contribution is 9.10. The monoisotopic (exact) mass is 341 g/mol. The van der Waals surface area contributed by atoms with Gasteiger partial charge in [-0.2, -0.15) is 0 Å². The summed E-state index contributed by atoms with van der Waals surface area (Å²) in [5.41, 5.74) is 1.20. The lowest BCUT2D eigenvalue weighted by atomic mass is 10.1. The first-order chi connectivity index (χ1) is 9.65. The van der Waals surface area contributed by atoms with Crippen LogP contribution in [0.5, 0.6) is 0 Å². The average molecular weight is 342 g/mol. The smallest absolute Gasteiger partial charge is 0.303 e. The van der Waals surface area contributed by atoms with Gasteiger partial charge in [-0.1, -0.05) is 28.1 Å². The number of aliphatic carboxylic acids is 1. The number of morpholine rings is 1. The van der Waals surface area contributed by atoms with E-state index in [-0.39, 0.29) is 12.5 Å². The van der Waals surface area contributed by atoms with E-state index in [1.165, 1.54) is 5.56 Å². The first kappa shape index (κ1) is 15.5. The average Bonchev–Trinajstić information content (AvgIpc) is 2.44. The molecule has 0 radical (unpaired) electrons. The van der Waals surface area contributed by atoms with Gasteiger partial charge in [0.05, 0.1) is 12.7 Å². The molecule has 4 nitrogen and oxygen atoms in total. The van der Waals surface area contributed by atoms with Crippen LogP contribution in [-0.4, -0.2) is 42.2 Å². The van der Waals surface area contributed by atoms with Crippen molar-refractivity contribution < 1.29 is 14.6 Å². The lowest BCUT2D eigenvalue weighted by Gasteiger charge is -2.33. The number of nitrogens with zero attached hydrogens (tertiary/aromatic N) is 1. The standard InChI is InChI=1S/C15H20BrNO3/c16-13-6-4-12(5-7-13)14-11-17(9-10-20-14)8-2-1-3-15(18)19/h4-7,14H,1-3,8-11H2,(H,18,19). The highest BCUT2D eigenvalue weighted by Crippen LogP contribution is 2.24. The Bertz CT molecular complexity index is 435. The van der Waals surface area contributed by atoms with Crippen molar-refractivity contribution in [2.24, 2.45) is 0 Å². The number of unbranched alkanes of at least 4 members (excludes halogenated alkanes) is 1. The van der Waals surface area contributed by atoms with Gasteiger partial charge in [0.25, 0.3) is 0 Å². The molecule has 1 fully saturated rings. The van der Waals surface area contributed by atoms with E-state index < -0.39 is 5.97 Å². The van der Waals surface area contributed by atoms with Gasteiger partial charge in [0, 0.05) is 24.0 Å². The second kappa shape index (κ2) is 7.76. The van der Waals surface area contributed by atoms with Gasteiger partial charge in [-0.25, -0.2) is 0 Å². The topological polar surface area (TPSA) is 49.8 Å². The van der Waals surface area contributed by atoms with Crippen LogP contribution in [0.2, 0.25) is 0 Å². The van der Waals surface area contributed by atoms with Crippen LogP contribution in [0.25, 0.3) is 0 Å².